The molecule has 4 rings (SSSR count). The highest BCUT2D eigenvalue weighted by Crippen LogP contribution is 2.49. The van der Waals surface area contributed by atoms with Gasteiger partial charge in [0.2, 0.25) is 5.91 Å². The largest absolute Gasteiger partial charge is 0.326 e. The van der Waals surface area contributed by atoms with E-state index in [1.54, 1.807) is 0 Å². The standard InChI is InChI=1S/C22H21F2N3O/c1-13-9-14(2)27(26-13)12-15-5-3-6-16(10-15)25-22(28)18-11-17(18)21-19(23)7-4-8-20(21)24/h3-10,17-18H,11-12H2,1-2H3,(H,25,28). The number of rotatable bonds is 5. The fourth-order valence-corrected chi connectivity index (χ4v) is 3.66. The molecule has 1 amide bonds. The van der Waals surface area contributed by atoms with Gasteiger partial charge in [0.1, 0.15) is 11.6 Å². The van der Waals surface area contributed by atoms with Crippen molar-refractivity contribution in [2.75, 3.05) is 5.32 Å². The summed E-state index contributed by atoms with van der Waals surface area (Å²) < 4.78 is 29.7. The second kappa shape index (κ2) is 7.19. The van der Waals surface area contributed by atoms with Crippen LogP contribution in [0.2, 0.25) is 0 Å². The van der Waals surface area contributed by atoms with Crippen LogP contribution >= 0.6 is 0 Å². The number of benzene rings is 2. The summed E-state index contributed by atoms with van der Waals surface area (Å²) in [5.41, 5.74) is 3.72. The van der Waals surface area contributed by atoms with Crippen molar-refractivity contribution in [2.24, 2.45) is 5.92 Å². The van der Waals surface area contributed by atoms with Crippen LogP contribution in [0.3, 0.4) is 0 Å². The minimum atomic E-state index is -0.591. The van der Waals surface area contributed by atoms with E-state index < -0.39 is 23.5 Å². The normalized spacial score (nSPS) is 18.1. The number of hydrogen-bond acceptors (Lipinski definition) is 2. The molecule has 0 saturated heterocycles. The molecule has 28 heavy (non-hydrogen) atoms. The molecule has 1 saturated carbocycles. The Balaban J connectivity index is 1.44. The van der Waals surface area contributed by atoms with Crippen LogP contribution in [0.25, 0.3) is 0 Å². The summed E-state index contributed by atoms with van der Waals surface area (Å²) in [4.78, 5) is 12.5. The molecule has 3 aromatic rings. The number of aryl methyl sites for hydroxylation is 2. The summed E-state index contributed by atoms with van der Waals surface area (Å²) in [6.07, 6.45) is 0.454. The molecule has 0 aliphatic heterocycles. The third kappa shape index (κ3) is 3.67. The number of nitrogens with one attached hydrogen (secondary N) is 1. The van der Waals surface area contributed by atoms with Crippen LogP contribution < -0.4 is 5.32 Å². The zero-order valence-corrected chi connectivity index (χ0v) is 15.7. The van der Waals surface area contributed by atoms with Crippen molar-refractivity contribution >= 4 is 11.6 Å². The van der Waals surface area contributed by atoms with Gasteiger partial charge < -0.3 is 5.32 Å². The van der Waals surface area contributed by atoms with Crippen molar-refractivity contribution in [3.05, 3.63) is 82.7 Å². The minimum Gasteiger partial charge on any atom is -0.326 e. The van der Waals surface area contributed by atoms with Crippen LogP contribution in [0, 0.1) is 31.4 Å². The number of amides is 1. The van der Waals surface area contributed by atoms with Gasteiger partial charge in [-0.3, -0.25) is 9.48 Å². The quantitative estimate of drug-likeness (QED) is 0.704. The minimum absolute atomic E-state index is 0.0147. The monoisotopic (exact) mass is 381 g/mol. The van der Waals surface area contributed by atoms with E-state index >= 15 is 0 Å². The molecule has 4 nitrogen and oxygen atoms in total. The molecule has 144 valence electrons. The van der Waals surface area contributed by atoms with Crippen molar-refractivity contribution in [2.45, 2.75) is 32.7 Å². The Kier molecular flexibility index (Phi) is 4.71. The number of carbonyl (C=O) groups is 1. The molecular weight excluding hydrogens is 360 g/mol. The summed E-state index contributed by atoms with van der Waals surface area (Å²) in [7, 11) is 0. The van der Waals surface area contributed by atoms with Crippen LogP contribution in [-0.2, 0) is 11.3 Å². The molecule has 0 radical (unpaired) electrons. The molecule has 0 bridgehead atoms. The molecule has 1 aliphatic carbocycles. The Bertz CT molecular complexity index is 1020. The van der Waals surface area contributed by atoms with E-state index in [9.17, 15) is 13.6 Å². The molecule has 2 unspecified atom stereocenters. The number of halogens is 2. The number of carbonyl (C=O) groups excluding carboxylic acids is 1. The molecule has 6 heteroatoms. The first kappa shape index (κ1) is 18.3. The van der Waals surface area contributed by atoms with Crippen LogP contribution in [0.15, 0.2) is 48.5 Å². The second-order valence-corrected chi connectivity index (χ2v) is 7.36. The van der Waals surface area contributed by atoms with Gasteiger partial charge in [-0.15, -0.1) is 0 Å². The summed E-state index contributed by atoms with van der Waals surface area (Å²) in [6, 6.07) is 13.4. The molecule has 1 aliphatic rings. The van der Waals surface area contributed by atoms with E-state index in [0.29, 0.717) is 18.7 Å². The fourth-order valence-electron chi connectivity index (χ4n) is 3.66. The van der Waals surface area contributed by atoms with Crippen LogP contribution in [-0.4, -0.2) is 15.7 Å². The lowest BCUT2D eigenvalue weighted by molar-refractivity contribution is -0.117. The van der Waals surface area contributed by atoms with E-state index in [2.05, 4.69) is 10.4 Å². The first-order valence-electron chi connectivity index (χ1n) is 9.27. The molecular formula is C22H21F2N3O. The maximum atomic E-state index is 13.9. The van der Waals surface area contributed by atoms with Gasteiger partial charge in [0, 0.05) is 28.8 Å². The van der Waals surface area contributed by atoms with Crippen molar-refractivity contribution in [3.63, 3.8) is 0 Å². The Morgan fingerprint density at radius 3 is 2.54 bits per heavy atom. The molecule has 2 aromatic carbocycles. The Morgan fingerprint density at radius 2 is 1.86 bits per heavy atom. The molecule has 1 N–H and O–H groups in total. The predicted molar refractivity (Wildman–Crippen MR) is 103 cm³/mol. The topological polar surface area (TPSA) is 46.9 Å². The maximum Gasteiger partial charge on any atom is 0.228 e. The van der Waals surface area contributed by atoms with E-state index in [4.69, 9.17) is 0 Å². The van der Waals surface area contributed by atoms with Gasteiger partial charge in [-0.25, -0.2) is 8.78 Å². The Labute approximate surface area is 162 Å². The average molecular weight is 381 g/mol. The van der Waals surface area contributed by atoms with Crippen molar-refractivity contribution < 1.29 is 13.6 Å². The van der Waals surface area contributed by atoms with Gasteiger partial charge >= 0.3 is 0 Å². The van der Waals surface area contributed by atoms with Crippen LogP contribution in [0.4, 0.5) is 14.5 Å². The Hall–Kier alpha value is -3.02. The van der Waals surface area contributed by atoms with Gasteiger partial charge in [0.15, 0.2) is 0 Å². The highest BCUT2D eigenvalue weighted by atomic mass is 19.1. The summed E-state index contributed by atoms with van der Waals surface area (Å²) in [5.74, 6) is -2.21. The lowest BCUT2D eigenvalue weighted by Crippen LogP contribution is -2.15. The van der Waals surface area contributed by atoms with Crippen molar-refractivity contribution in [3.8, 4) is 0 Å². The second-order valence-electron chi connectivity index (χ2n) is 7.36. The maximum absolute atomic E-state index is 13.9. The summed E-state index contributed by atoms with van der Waals surface area (Å²) in [6.45, 7) is 4.56. The van der Waals surface area contributed by atoms with E-state index in [1.165, 1.54) is 18.2 Å². The number of hydrogen-bond donors (Lipinski definition) is 1. The number of aromatic nitrogens is 2. The number of nitrogens with zero attached hydrogens (tertiary/aromatic N) is 2. The fraction of sp³-hybridized carbons (Fsp3) is 0.273. The molecule has 1 fully saturated rings. The third-order valence-electron chi connectivity index (χ3n) is 5.13. The van der Waals surface area contributed by atoms with Gasteiger partial charge in [-0.05, 0) is 56.2 Å². The van der Waals surface area contributed by atoms with Crippen molar-refractivity contribution in [1.82, 2.24) is 9.78 Å². The molecule has 0 spiro atoms. The zero-order chi connectivity index (χ0) is 19.8. The molecule has 1 aromatic heterocycles. The SMILES string of the molecule is Cc1cc(C)n(Cc2cccc(NC(=O)C3CC3c3c(F)cccc3F)c2)n1. The zero-order valence-electron chi connectivity index (χ0n) is 15.7. The molecule has 2 atom stereocenters. The molecule has 1 heterocycles. The smallest absolute Gasteiger partial charge is 0.228 e. The first-order valence-corrected chi connectivity index (χ1v) is 9.27. The average Bonchev–Trinajstić information content (AvgIpc) is 3.35. The van der Waals surface area contributed by atoms with Gasteiger partial charge in [-0.1, -0.05) is 18.2 Å². The Morgan fingerprint density at radius 1 is 1.14 bits per heavy atom. The predicted octanol–water partition coefficient (Wildman–Crippen LogP) is 4.57. The highest BCUT2D eigenvalue weighted by Gasteiger charge is 2.46. The summed E-state index contributed by atoms with van der Waals surface area (Å²) in [5, 5.41) is 7.33. The van der Waals surface area contributed by atoms with Crippen LogP contribution in [0.1, 0.15) is 34.9 Å². The summed E-state index contributed by atoms with van der Waals surface area (Å²) >= 11 is 0. The lowest BCUT2D eigenvalue weighted by atomic mass is 10.1. The van der Waals surface area contributed by atoms with Gasteiger partial charge in [-0.2, -0.15) is 5.10 Å². The van der Waals surface area contributed by atoms with Gasteiger partial charge in [0.25, 0.3) is 0 Å². The number of anilines is 1. The van der Waals surface area contributed by atoms with E-state index in [-0.39, 0.29) is 11.5 Å². The van der Waals surface area contributed by atoms with Crippen LogP contribution in [0.5, 0.6) is 0 Å². The van der Waals surface area contributed by atoms with Crippen molar-refractivity contribution in [1.29, 1.82) is 0 Å². The van der Waals surface area contributed by atoms with Gasteiger partial charge in [0.05, 0.1) is 12.2 Å². The van der Waals surface area contributed by atoms with E-state index in [1.807, 2.05) is 48.9 Å². The lowest BCUT2D eigenvalue weighted by Gasteiger charge is -2.09. The highest BCUT2D eigenvalue weighted by molar-refractivity contribution is 5.95. The third-order valence-corrected chi connectivity index (χ3v) is 5.13. The first-order chi connectivity index (χ1) is 13.4. The van der Waals surface area contributed by atoms with E-state index in [0.717, 1.165) is 17.0 Å².